The van der Waals surface area contributed by atoms with Crippen LogP contribution in [0, 0.1) is 5.92 Å². The Morgan fingerprint density at radius 1 is 1.24 bits per heavy atom. The van der Waals surface area contributed by atoms with Crippen molar-refractivity contribution < 1.29 is 9.47 Å². The monoisotopic (exact) mass is 298 g/mol. The van der Waals surface area contributed by atoms with Crippen molar-refractivity contribution >= 4 is 0 Å². The number of rotatable bonds is 10. The maximum absolute atomic E-state index is 5.58. The van der Waals surface area contributed by atoms with Gasteiger partial charge in [0, 0.05) is 12.7 Å². The fraction of sp³-hybridized carbons (Fsp3) is 0.867. The first-order chi connectivity index (χ1) is 9.87. The lowest BCUT2D eigenvalue weighted by Crippen LogP contribution is -2.22. The summed E-state index contributed by atoms with van der Waals surface area (Å²) in [5.74, 6) is 0.642. The summed E-state index contributed by atoms with van der Waals surface area (Å²) in [4.78, 5) is 0. The van der Waals surface area contributed by atoms with Gasteiger partial charge in [0.1, 0.15) is 0 Å². The normalized spacial score (nSPS) is 12.3. The zero-order valence-electron chi connectivity index (χ0n) is 14.1. The zero-order chi connectivity index (χ0) is 15.7. The Morgan fingerprint density at radius 3 is 2.67 bits per heavy atom. The molecular formula is C15H30N4O2. The minimum Gasteiger partial charge on any atom is -0.377 e. The van der Waals surface area contributed by atoms with Crippen LogP contribution in [-0.2, 0) is 22.6 Å². The van der Waals surface area contributed by atoms with E-state index in [1.54, 1.807) is 0 Å². The minimum absolute atomic E-state index is 0.104. The third-order valence-corrected chi connectivity index (χ3v) is 2.67. The van der Waals surface area contributed by atoms with Gasteiger partial charge in [-0.05, 0) is 33.2 Å². The van der Waals surface area contributed by atoms with Crippen molar-refractivity contribution in [3.8, 4) is 0 Å². The fourth-order valence-electron chi connectivity index (χ4n) is 1.68. The first-order valence-corrected chi connectivity index (χ1v) is 7.68. The SMILES string of the molecule is CC(C)CNCc1cn(CCOCCOC(C)(C)C)nn1. The molecule has 1 aromatic heterocycles. The van der Waals surface area contributed by atoms with Gasteiger partial charge in [0.25, 0.3) is 0 Å². The zero-order valence-corrected chi connectivity index (χ0v) is 14.1. The van der Waals surface area contributed by atoms with E-state index >= 15 is 0 Å². The van der Waals surface area contributed by atoms with Crippen molar-refractivity contribution in [3.05, 3.63) is 11.9 Å². The van der Waals surface area contributed by atoms with Gasteiger partial charge in [-0.15, -0.1) is 5.10 Å². The topological polar surface area (TPSA) is 61.2 Å². The highest BCUT2D eigenvalue weighted by Crippen LogP contribution is 2.05. The van der Waals surface area contributed by atoms with E-state index in [0.717, 1.165) is 18.8 Å². The van der Waals surface area contributed by atoms with E-state index in [0.29, 0.717) is 32.3 Å². The molecular weight excluding hydrogens is 268 g/mol. The van der Waals surface area contributed by atoms with Crippen molar-refractivity contribution in [2.45, 2.75) is 53.3 Å². The molecule has 0 radical (unpaired) electrons. The van der Waals surface area contributed by atoms with Crippen LogP contribution in [0.3, 0.4) is 0 Å². The van der Waals surface area contributed by atoms with Crippen LogP contribution < -0.4 is 5.32 Å². The molecule has 0 saturated heterocycles. The Morgan fingerprint density at radius 2 is 2.00 bits per heavy atom. The van der Waals surface area contributed by atoms with Gasteiger partial charge in [0.05, 0.1) is 37.7 Å². The molecule has 0 aliphatic heterocycles. The van der Waals surface area contributed by atoms with Crippen LogP contribution in [0.1, 0.15) is 40.3 Å². The highest BCUT2D eigenvalue weighted by Gasteiger charge is 2.08. The van der Waals surface area contributed by atoms with Crippen molar-refractivity contribution in [1.29, 1.82) is 0 Å². The Hall–Kier alpha value is -0.980. The molecule has 122 valence electrons. The van der Waals surface area contributed by atoms with Gasteiger partial charge in [-0.25, -0.2) is 4.68 Å². The van der Waals surface area contributed by atoms with E-state index in [1.807, 2.05) is 31.6 Å². The number of ether oxygens (including phenoxy) is 2. The molecule has 0 aromatic carbocycles. The second kappa shape index (κ2) is 9.12. The van der Waals surface area contributed by atoms with Gasteiger partial charge in [0.2, 0.25) is 0 Å². The number of hydrogen-bond acceptors (Lipinski definition) is 5. The summed E-state index contributed by atoms with van der Waals surface area (Å²) in [6.07, 6.45) is 1.96. The quantitative estimate of drug-likeness (QED) is 0.668. The summed E-state index contributed by atoms with van der Waals surface area (Å²) >= 11 is 0. The summed E-state index contributed by atoms with van der Waals surface area (Å²) in [6.45, 7) is 14.8. The van der Waals surface area contributed by atoms with Gasteiger partial charge < -0.3 is 14.8 Å². The van der Waals surface area contributed by atoms with Crippen LogP contribution in [0.25, 0.3) is 0 Å². The Bertz CT molecular complexity index is 385. The van der Waals surface area contributed by atoms with Crippen LogP contribution in [0.2, 0.25) is 0 Å². The van der Waals surface area contributed by atoms with Gasteiger partial charge in [-0.3, -0.25) is 0 Å². The molecule has 0 saturated carbocycles. The Labute approximate surface area is 128 Å². The highest BCUT2D eigenvalue weighted by molar-refractivity contribution is 4.91. The molecule has 0 spiro atoms. The number of hydrogen-bond donors (Lipinski definition) is 1. The summed E-state index contributed by atoms with van der Waals surface area (Å²) in [6, 6.07) is 0. The van der Waals surface area contributed by atoms with Crippen LogP contribution >= 0.6 is 0 Å². The molecule has 1 N–H and O–H groups in total. The third kappa shape index (κ3) is 9.55. The first kappa shape index (κ1) is 18.1. The molecule has 0 aliphatic rings. The summed E-state index contributed by atoms with van der Waals surface area (Å²) in [5, 5.41) is 11.6. The lowest BCUT2D eigenvalue weighted by atomic mass is 10.2. The van der Waals surface area contributed by atoms with Crippen LogP contribution in [0.4, 0.5) is 0 Å². The van der Waals surface area contributed by atoms with Crippen LogP contribution in [-0.4, -0.2) is 47.0 Å². The van der Waals surface area contributed by atoms with Gasteiger partial charge in [0.15, 0.2) is 0 Å². The van der Waals surface area contributed by atoms with E-state index in [9.17, 15) is 0 Å². The van der Waals surface area contributed by atoms with E-state index in [-0.39, 0.29) is 5.60 Å². The average Bonchev–Trinajstić information content (AvgIpc) is 2.80. The minimum atomic E-state index is -0.104. The van der Waals surface area contributed by atoms with Crippen molar-refractivity contribution in [2.24, 2.45) is 5.92 Å². The Kier molecular flexibility index (Phi) is 7.85. The molecule has 6 heteroatoms. The number of nitrogens with zero attached hydrogens (tertiary/aromatic N) is 3. The molecule has 0 fully saturated rings. The second-order valence-electron chi connectivity index (χ2n) is 6.57. The van der Waals surface area contributed by atoms with Crippen molar-refractivity contribution in [2.75, 3.05) is 26.4 Å². The lowest BCUT2D eigenvalue weighted by Gasteiger charge is -2.19. The molecule has 0 atom stereocenters. The summed E-state index contributed by atoms with van der Waals surface area (Å²) in [7, 11) is 0. The van der Waals surface area contributed by atoms with E-state index in [1.165, 1.54) is 0 Å². The van der Waals surface area contributed by atoms with Gasteiger partial charge >= 0.3 is 0 Å². The molecule has 1 rings (SSSR count). The summed E-state index contributed by atoms with van der Waals surface area (Å²) < 4.78 is 12.9. The third-order valence-electron chi connectivity index (χ3n) is 2.67. The molecule has 0 amide bonds. The average molecular weight is 298 g/mol. The number of nitrogens with one attached hydrogen (secondary N) is 1. The van der Waals surface area contributed by atoms with Crippen molar-refractivity contribution in [1.82, 2.24) is 20.3 Å². The largest absolute Gasteiger partial charge is 0.377 e. The standard InChI is InChI=1S/C15H30N4O2/c1-13(2)10-16-11-14-12-19(18-17-14)6-7-20-8-9-21-15(3,4)5/h12-13,16H,6-11H2,1-5H3. The smallest absolute Gasteiger partial charge is 0.0964 e. The fourth-order valence-corrected chi connectivity index (χ4v) is 1.68. The lowest BCUT2D eigenvalue weighted by molar-refractivity contribution is -0.0359. The van der Waals surface area contributed by atoms with Gasteiger partial charge in [-0.1, -0.05) is 19.1 Å². The predicted molar refractivity (Wildman–Crippen MR) is 83.1 cm³/mol. The van der Waals surface area contributed by atoms with Crippen LogP contribution in [0.5, 0.6) is 0 Å². The molecule has 1 heterocycles. The molecule has 0 aliphatic carbocycles. The second-order valence-corrected chi connectivity index (χ2v) is 6.57. The molecule has 6 nitrogen and oxygen atoms in total. The molecule has 21 heavy (non-hydrogen) atoms. The maximum atomic E-state index is 5.58. The van der Waals surface area contributed by atoms with E-state index < -0.39 is 0 Å². The van der Waals surface area contributed by atoms with E-state index in [4.69, 9.17) is 9.47 Å². The molecule has 0 bridgehead atoms. The van der Waals surface area contributed by atoms with E-state index in [2.05, 4.69) is 29.5 Å². The van der Waals surface area contributed by atoms with Crippen molar-refractivity contribution in [3.63, 3.8) is 0 Å². The molecule has 1 aromatic rings. The predicted octanol–water partition coefficient (Wildman–Crippen LogP) is 1.86. The maximum Gasteiger partial charge on any atom is 0.0964 e. The Balaban J connectivity index is 2.09. The molecule has 0 unspecified atom stereocenters. The first-order valence-electron chi connectivity index (χ1n) is 7.68. The van der Waals surface area contributed by atoms with Crippen LogP contribution in [0.15, 0.2) is 6.20 Å². The highest BCUT2D eigenvalue weighted by atomic mass is 16.5. The van der Waals surface area contributed by atoms with Gasteiger partial charge in [-0.2, -0.15) is 0 Å². The summed E-state index contributed by atoms with van der Waals surface area (Å²) in [5.41, 5.74) is 0.861. The number of aromatic nitrogens is 3.